The lowest BCUT2D eigenvalue weighted by Gasteiger charge is -2.21. The summed E-state index contributed by atoms with van der Waals surface area (Å²) in [5, 5.41) is 8.13. The third-order valence-corrected chi connectivity index (χ3v) is 12.9. The van der Waals surface area contributed by atoms with Crippen LogP contribution in [0.3, 0.4) is 0 Å². The van der Waals surface area contributed by atoms with Crippen LogP contribution in [0.25, 0.3) is 0 Å². The zero-order valence-electron chi connectivity index (χ0n) is 26.9. The highest BCUT2D eigenvalue weighted by atomic mass is 127. The Hall–Kier alpha value is -1.29. The smallest absolute Gasteiger partial charge is 0.303 e. The van der Waals surface area contributed by atoms with E-state index in [1.165, 1.54) is 27.7 Å². The third-order valence-electron chi connectivity index (χ3n) is 6.21. The van der Waals surface area contributed by atoms with E-state index in [0.717, 1.165) is 0 Å². The maximum Gasteiger partial charge on any atom is 0.303 e. The molecule has 22 heteroatoms. The van der Waals surface area contributed by atoms with Crippen LogP contribution in [0.4, 0.5) is 17.1 Å². The quantitative estimate of drug-likeness (QED) is 0.0773. The van der Waals surface area contributed by atoms with Gasteiger partial charge in [0.25, 0.3) is 17.7 Å². The molecule has 0 bridgehead atoms. The highest BCUT2D eigenvalue weighted by Crippen LogP contribution is 2.39. The zero-order valence-corrected chi connectivity index (χ0v) is 39.8. The van der Waals surface area contributed by atoms with Crippen LogP contribution in [0, 0.1) is 21.4 Å². The molecule has 2 aromatic carbocycles. The Balaban J connectivity index is 2.48. The van der Waals surface area contributed by atoms with E-state index < -0.39 is 53.8 Å². The summed E-state index contributed by atoms with van der Waals surface area (Å²) in [6.45, 7) is 3.76. The highest BCUT2D eigenvalue weighted by Gasteiger charge is 2.30. The Bertz CT molecular complexity index is 1780. The summed E-state index contributed by atoms with van der Waals surface area (Å²) < 4.78 is 22.3. The summed E-state index contributed by atoms with van der Waals surface area (Å²) in [5.41, 5.74) is 13.6. The van der Waals surface area contributed by atoms with Crippen molar-refractivity contribution in [1.82, 2.24) is 10.6 Å². The molecule has 0 aliphatic carbocycles. The summed E-state index contributed by atoms with van der Waals surface area (Å²) in [5.74, 6) is -4.37. The second-order valence-electron chi connectivity index (χ2n) is 10.2. The number of nitrogens with one attached hydrogen (secondary N) is 3. The van der Waals surface area contributed by atoms with Gasteiger partial charge < -0.3 is 46.4 Å². The number of halogens is 6. The van der Waals surface area contributed by atoms with Gasteiger partial charge in [-0.3, -0.25) is 33.6 Å². The monoisotopic (exact) mass is 1380 g/mol. The molecule has 0 fully saturated rings. The molecule has 0 aromatic heterocycles. The van der Waals surface area contributed by atoms with Gasteiger partial charge in [0.1, 0.15) is 13.2 Å². The fourth-order valence-electron chi connectivity index (χ4n) is 4.00. The topological polar surface area (TPSA) is 245 Å². The van der Waals surface area contributed by atoms with Crippen molar-refractivity contribution in [3.8, 4) is 0 Å². The van der Waals surface area contributed by atoms with Crippen LogP contribution >= 0.6 is 136 Å². The fraction of sp³-hybridized carbons (Fsp3) is 0.345. The van der Waals surface area contributed by atoms with Crippen LogP contribution in [0.2, 0.25) is 0 Å². The van der Waals surface area contributed by atoms with E-state index in [9.17, 15) is 33.6 Å². The first-order valence-corrected chi connectivity index (χ1v) is 20.6. The average molecular weight is 1380 g/mol. The third kappa shape index (κ3) is 12.9. The van der Waals surface area contributed by atoms with Crippen LogP contribution < -0.4 is 27.4 Å². The van der Waals surface area contributed by atoms with Crippen LogP contribution in [-0.2, 0) is 38.1 Å². The van der Waals surface area contributed by atoms with Gasteiger partial charge in [-0.2, -0.15) is 0 Å². The Morgan fingerprint density at radius 2 is 0.882 bits per heavy atom. The van der Waals surface area contributed by atoms with Gasteiger partial charge in [-0.25, -0.2) is 0 Å². The number of carbonyl (C=O) groups excluding carboxylic acids is 7. The van der Waals surface area contributed by atoms with Gasteiger partial charge in [0.2, 0.25) is 0 Å². The van der Waals surface area contributed by atoms with Crippen molar-refractivity contribution >= 4 is 194 Å². The molecule has 3 amide bonds. The van der Waals surface area contributed by atoms with E-state index in [0.29, 0.717) is 17.9 Å². The van der Waals surface area contributed by atoms with E-state index in [1.807, 2.05) is 136 Å². The van der Waals surface area contributed by atoms with Gasteiger partial charge in [0.15, 0.2) is 12.2 Å². The van der Waals surface area contributed by atoms with Gasteiger partial charge in [-0.15, -0.1) is 0 Å². The number of rotatable bonds is 14. The van der Waals surface area contributed by atoms with E-state index in [1.54, 1.807) is 0 Å². The molecule has 16 nitrogen and oxygen atoms in total. The highest BCUT2D eigenvalue weighted by molar-refractivity contribution is 14.1. The van der Waals surface area contributed by atoms with Crippen molar-refractivity contribution in [2.24, 2.45) is 0 Å². The second-order valence-corrected chi connectivity index (χ2v) is 16.6. The van der Waals surface area contributed by atoms with Crippen molar-refractivity contribution in [2.75, 3.05) is 43.1 Å². The van der Waals surface area contributed by atoms with Crippen molar-refractivity contribution in [3.05, 3.63) is 38.1 Å². The van der Waals surface area contributed by atoms with Crippen molar-refractivity contribution < 1.29 is 52.5 Å². The lowest BCUT2D eigenvalue weighted by molar-refractivity contribution is -0.155. The molecule has 278 valence electrons. The summed E-state index contributed by atoms with van der Waals surface area (Å²) in [6.07, 6.45) is -1.94. The summed E-state index contributed by atoms with van der Waals surface area (Å²) >= 11 is 11.4. The maximum absolute atomic E-state index is 14.0. The van der Waals surface area contributed by atoms with Gasteiger partial charge in [0.05, 0.1) is 64.7 Å². The largest absolute Gasteiger partial charge is 0.462 e. The molecule has 51 heavy (non-hydrogen) atoms. The molecule has 7 N–H and O–H groups in total. The predicted octanol–water partition coefficient (Wildman–Crippen LogP) is 4.18. The number of ether oxygens (including phenoxy) is 4. The normalized spacial score (nSPS) is 11.8. The van der Waals surface area contributed by atoms with Gasteiger partial charge >= 0.3 is 23.9 Å². The van der Waals surface area contributed by atoms with E-state index in [4.69, 9.17) is 30.4 Å². The summed E-state index contributed by atoms with van der Waals surface area (Å²) in [7, 11) is 0. The van der Waals surface area contributed by atoms with E-state index >= 15 is 0 Å². The molecule has 2 unspecified atom stereocenters. The van der Waals surface area contributed by atoms with Crippen LogP contribution in [0.5, 0.6) is 0 Å². The maximum atomic E-state index is 14.0. The van der Waals surface area contributed by atoms with Gasteiger partial charge in [0, 0.05) is 31.3 Å². The zero-order chi connectivity index (χ0) is 38.9. The molecule has 0 radical (unpaired) electrons. The lowest BCUT2D eigenvalue weighted by Crippen LogP contribution is -2.38. The standard InChI is InChI=1S/C29H29I6N5O11/c1-9(41)48-7-13(50-11(3)43)5-38-27(45)15-18(30)16(20(32)24(36)19(15)31)29(47)40-26-22(34)17(21(33)25(37)23(26)35)28(46)39-6-14(51-12(4)44)8-49-10(2)42/h13-14H,5-8,36-37H2,1-4H3,(H,38,45)(H,39,46)(H,40,47). The molecular formula is C29H29I6N5O11. The SMILES string of the molecule is CC(=O)OCC(CNC(=O)c1c(I)c(N)c(I)c(NC(=O)c2c(I)c(N)c(I)c(C(=O)NCC(COC(C)=O)OC(C)=O)c2I)c1I)OC(C)=O. The predicted molar refractivity (Wildman–Crippen MR) is 235 cm³/mol. The number of anilines is 3. The molecule has 0 spiro atoms. The van der Waals surface area contributed by atoms with Crippen molar-refractivity contribution in [3.63, 3.8) is 0 Å². The number of carbonyl (C=O) groups is 7. The minimum absolute atomic E-state index is 0.0696. The molecule has 2 aromatic rings. The minimum Gasteiger partial charge on any atom is -0.462 e. The second kappa shape index (κ2) is 21.0. The first-order chi connectivity index (χ1) is 23.7. The van der Waals surface area contributed by atoms with Crippen LogP contribution in [0.15, 0.2) is 0 Å². The fourth-order valence-corrected chi connectivity index (χ4v) is 12.1. The molecule has 2 rings (SSSR count). The molecule has 0 saturated carbocycles. The number of esters is 4. The first kappa shape index (κ1) is 45.9. The number of benzene rings is 2. The lowest BCUT2D eigenvalue weighted by atomic mass is 10.1. The molecule has 0 saturated heterocycles. The minimum atomic E-state index is -0.974. The van der Waals surface area contributed by atoms with Crippen molar-refractivity contribution in [2.45, 2.75) is 39.9 Å². The van der Waals surface area contributed by atoms with Crippen LogP contribution in [-0.4, -0.2) is 80.1 Å². The molecule has 0 aliphatic rings. The average Bonchev–Trinajstić information content (AvgIpc) is 3.03. The van der Waals surface area contributed by atoms with E-state index in [-0.39, 0.29) is 63.6 Å². The van der Waals surface area contributed by atoms with Crippen molar-refractivity contribution in [1.29, 1.82) is 0 Å². The number of nitrogens with two attached hydrogens (primary N) is 2. The Morgan fingerprint density at radius 3 is 1.25 bits per heavy atom. The molecular weight excluding hydrogens is 1360 g/mol. The number of nitrogen functional groups attached to an aromatic ring is 2. The Kier molecular flexibility index (Phi) is 18.9. The number of hydrogen-bond acceptors (Lipinski definition) is 13. The van der Waals surface area contributed by atoms with Gasteiger partial charge in [-0.05, 0) is 136 Å². The summed E-state index contributed by atoms with van der Waals surface area (Å²) in [4.78, 5) is 86.6. The molecule has 0 heterocycles. The Morgan fingerprint density at radius 1 is 0.529 bits per heavy atom. The molecule has 2 atom stereocenters. The molecule has 0 aliphatic heterocycles. The van der Waals surface area contributed by atoms with E-state index in [2.05, 4.69) is 16.0 Å². The van der Waals surface area contributed by atoms with Gasteiger partial charge in [-0.1, -0.05) is 0 Å². The first-order valence-electron chi connectivity index (χ1n) is 14.1. The number of hydrogen-bond donors (Lipinski definition) is 5. The Labute approximate surface area is 373 Å². The number of amides is 3. The van der Waals surface area contributed by atoms with Crippen LogP contribution in [0.1, 0.15) is 58.8 Å². The summed E-state index contributed by atoms with van der Waals surface area (Å²) in [6, 6.07) is 0.